The molecule has 0 atom stereocenters. The zero-order valence-corrected chi connectivity index (χ0v) is 12.7. The number of hydrogen-bond acceptors (Lipinski definition) is 4. The lowest BCUT2D eigenvalue weighted by Gasteiger charge is -2.20. The molecule has 2 N–H and O–H groups in total. The molecule has 0 amide bonds. The van der Waals surface area contributed by atoms with Crippen LogP contribution in [0.1, 0.15) is 12.8 Å². The molecular weight excluding hydrogens is 319 g/mol. The number of hydrogen-bond donors (Lipinski definition) is 1. The second kappa shape index (κ2) is 5.48. The summed E-state index contributed by atoms with van der Waals surface area (Å²) in [6.07, 6.45) is 2.85. The number of nitrogens with two attached hydrogens (primary N) is 1. The summed E-state index contributed by atoms with van der Waals surface area (Å²) >= 11 is 0. The first-order valence-corrected chi connectivity index (χ1v) is 9.11. The fourth-order valence-corrected chi connectivity index (χ4v) is 4.16. The van der Waals surface area contributed by atoms with Gasteiger partial charge in [-0.1, -0.05) is 6.08 Å². The Bertz CT molecular complexity index is 770. The molecule has 0 saturated heterocycles. The summed E-state index contributed by atoms with van der Waals surface area (Å²) in [6, 6.07) is 2.35. The summed E-state index contributed by atoms with van der Waals surface area (Å²) in [5, 5.41) is 4.88. The lowest BCUT2D eigenvalue weighted by Crippen LogP contribution is -2.33. The van der Waals surface area contributed by atoms with Gasteiger partial charge in [-0.2, -0.15) is 4.31 Å². The first kappa shape index (κ1) is 16.1. The van der Waals surface area contributed by atoms with Crippen molar-refractivity contribution in [3.8, 4) is 0 Å². The first-order valence-electron chi connectivity index (χ1n) is 6.13. The zero-order valence-electron chi connectivity index (χ0n) is 11.1. The Morgan fingerprint density at radius 1 is 1.33 bits per heavy atom. The Morgan fingerprint density at radius 3 is 2.38 bits per heavy atom. The SMILES string of the molecule is C=CCN(C1CC1)S(=O)(=O)c1ccc(S(N)(=O)=O)cc1F. The van der Waals surface area contributed by atoms with Crippen molar-refractivity contribution in [2.75, 3.05) is 6.54 Å². The van der Waals surface area contributed by atoms with E-state index < -0.39 is 35.7 Å². The number of halogens is 1. The highest BCUT2D eigenvalue weighted by Gasteiger charge is 2.38. The van der Waals surface area contributed by atoms with E-state index in [0.717, 1.165) is 16.4 Å². The molecule has 0 bridgehead atoms. The van der Waals surface area contributed by atoms with Crippen LogP contribution >= 0.6 is 0 Å². The van der Waals surface area contributed by atoms with E-state index in [2.05, 4.69) is 6.58 Å². The third-order valence-corrected chi connectivity index (χ3v) is 5.94. The molecule has 6 nitrogen and oxygen atoms in total. The van der Waals surface area contributed by atoms with Crippen LogP contribution in [0.15, 0.2) is 40.6 Å². The van der Waals surface area contributed by atoms with Gasteiger partial charge in [0.05, 0.1) is 4.90 Å². The Balaban J connectivity index is 2.47. The van der Waals surface area contributed by atoms with Gasteiger partial charge in [-0.05, 0) is 31.0 Å². The van der Waals surface area contributed by atoms with E-state index in [4.69, 9.17) is 5.14 Å². The molecular formula is C12H15FN2O4S2. The van der Waals surface area contributed by atoms with Crippen molar-refractivity contribution in [2.24, 2.45) is 5.14 Å². The minimum Gasteiger partial charge on any atom is -0.225 e. The fourth-order valence-electron chi connectivity index (χ4n) is 1.93. The normalized spacial score (nSPS) is 16.1. The number of sulfonamides is 2. The summed E-state index contributed by atoms with van der Waals surface area (Å²) in [7, 11) is -8.13. The molecule has 1 saturated carbocycles. The molecule has 1 fully saturated rings. The quantitative estimate of drug-likeness (QED) is 0.779. The molecule has 0 aromatic heterocycles. The van der Waals surface area contributed by atoms with Gasteiger partial charge in [0.1, 0.15) is 10.7 Å². The number of primary sulfonamides is 1. The van der Waals surface area contributed by atoms with Crippen LogP contribution in [0.5, 0.6) is 0 Å². The molecule has 116 valence electrons. The second-order valence-corrected chi connectivity index (χ2v) is 8.15. The molecule has 0 heterocycles. The van der Waals surface area contributed by atoms with Gasteiger partial charge in [0.15, 0.2) is 0 Å². The van der Waals surface area contributed by atoms with Crippen molar-refractivity contribution in [3.05, 3.63) is 36.7 Å². The van der Waals surface area contributed by atoms with E-state index in [1.165, 1.54) is 6.08 Å². The number of nitrogens with zero attached hydrogens (tertiary/aromatic N) is 1. The Hall–Kier alpha value is -1.29. The second-order valence-electron chi connectivity index (χ2n) is 4.73. The minimum absolute atomic E-state index is 0.0728. The van der Waals surface area contributed by atoms with Gasteiger partial charge in [-0.15, -0.1) is 6.58 Å². The maximum atomic E-state index is 14.0. The summed E-state index contributed by atoms with van der Waals surface area (Å²) in [4.78, 5) is -1.04. The van der Waals surface area contributed by atoms with Crippen LogP contribution in [0, 0.1) is 5.82 Å². The Labute approximate surface area is 123 Å². The van der Waals surface area contributed by atoms with Gasteiger partial charge < -0.3 is 0 Å². The molecule has 1 aromatic carbocycles. The average molecular weight is 334 g/mol. The van der Waals surface area contributed by atoms with Crippen LogP contribution in [-0.4, -0.2) is 33.7 Å². The number of benzene rings is 1. The maximum absolute atomic E-state index is 14.0. The van der Waals surface area contributed by atoms with E-state index in [-0.39, 0.29) is 12.6 Å². The fraction of sp³-hybridized carbons (Fsp3) is 0.333. The molecule has 1 aliphatic carbocycles. The van der Waals surface area contributed by atoms with Crippen molar-refractivity contribution in [3.63, 3.8) is 0 Å². The van der Waals surface area contributed by atoms with Gasteiger partial charge in [0.2, 0.25) is 20.0 Å². The molecule has 9 heteroatoms. The van der Waals surface area contributed by atoms with Crippen LogP contribution in [0.2, 0.25) is 0 Å². The Kier molecular flexibility index (Phi) is 4.20. The molecule has 1 aliphatic rings. The van der Waals surface area contributed by atoms with Crippen molar-refractivity contribution >= 4 is 20.0 Å². The minimum atomic E-state index is -4.09. The molecule has 1 aromatic rings. The highest BCUT2D eigenvalue weighted by molar-refractivity contribution is 7.89. The third kappa shape index (κ3) is 3.31. The van der Waals surface area contributed by atoms with E-state index in [9.17, 15) is 21.2 Å². The van der Waals surface area contributed by atoms with Crippen LogP contribution in [-0.2, 0) is 20.0 Å². The van der Waals surface area contributed by atoms with Crippen LogP contribution in [0.4, 0.5) is 4.39 Å². The summed E-state index contributed by atoms with van der Waals surface area (Å²) in [5.41, 5.74) is 0. The summed E-state index contributed by atoms with van der Waals surface area (Å²) in [5.74, 6) is -1.14. The van der Waals surface area contributed by atoms with Gasteiger partial charge in [0.25, 0.3) is 0 Å². The van der Waals surface area contributed by atoms with Crippen molar-refractivity contribution in [1.82, 2.24) is 4.31 Å². The van der Waals surface area contributed by atoms with Crippen molar-refractivity contribution in [1.29, 1.82) is 0 Å². The molecule has 0 radical (unpaired) electrons. The largest absolute Gasteiger partial charge is 0.246 e. The monoisotopic (exact) mass is 334 g/mol. The van der Waals surface area contributed by atoms with Crippen LogP contribution in [0.3, 0.4) is 0 Å². The van der Waals surface area contributed by atoms with Crippen LogP contribution in [0.25, 0.3) is 0 Å². The molecule has 0 aliphatic heterocycles. The van der Waals surface area contributed by atoms with Gasteiger partial charge in [-0.3, -0.25) is 0 Å². The summed E-state index contributed by atoms with van der Waals surface area (Å²) in [6.45, 7) is 3.56. The molecule has 0 unspecified atom stereocenters. The lowest BCUT2D eigenvalue weighted by atomic mass is 10.3. The van der Waals surface area contributed by atoms with Gasteiger partial charge in [0, 0.05) is 12.6 Å². The van der Waals surface area contributed by atoms with Crippen molar-refractivity contribution < 1.29 is 21.2 Å². The lowest BCUT2D eigenvalue weighted by molar-refractivity contribution is 0.431. The smallest absolute Gasteiger partial charge is 0.225 e. The first-order chi connectivity index (χ1) is 9.67. The van der Waals surface area contributed by atoms with E-state index in [0.29, 0.717) is 18.9 Å². The molecule has 0 spiro atoms. The van der Waals surface area contributed by atoms with Gasteiger partial charge in [-0.25, -0.2) is 26.4 Å². The number of rotatable bonds is 6. The topological polar surface area (TPSA) is 97.5 Å². The van der Waals surface area contributed by atoms with E-state index >= 15 is 0 Å². The zero-order chi connectivity index (χ0) is 15.8. The van der Waals surface area contributed by atoms with E-state index in [1.807, 2.05) is 0 Å². The third-order valence-electron chi connectivity index (χ3n) is 3.08. The predicted molar refractivity (Wildman–Crippen MR) is 74.9 cm³/mol. The molecule has 21 heavy (non-hydrogen) atoms. The van der Waals surface area contributed by atoms with E-state index in [1.54, 1.807) is 0 Å². The maximum Gasteiger partial charge on any atom is 0.246 e. The standard InChI is InChI=1S/C12H15FN2O4S2/c1-2-7-15(9-3-4-9)21(18,19)12-6-5-10(8-11(12)13)20(14,16)17/h2,5-6,8-9H,1,3-4,7H2,(H2,14,16,17). The molecule has 2 rings (SSSR count). The predicted octanol–water partition coefficient (Wildman–Crippen LogP) is 0.812. The van der Waals surface area contributed by atoms with Crippen LogP contribution < -0.4 is 5.14 Å². The highest BCUT2D eigenvalue weighted by Crippen LogP contribution is 2.33. The summed E-state index contributed by atoms with van der Waals surface area (Å²) < 4.78 is 62.3. The van der Waals surface area contributed by atoms with Gasteiger partial charge >= 0.3 is 0 Å². The van der Waals surface area contributed by atoms with Crippen molar-refractivity contribution in [2.45, 2.75) is 28.7 Å². The highest BCUT2D eigenvalue weighted by atomic mass is 32.2. The Morgan fingerprint density at radius 2 is 1.95 bits per heavy atom. The average Bonchev–Trinajstić information content (AvgIpc) is 3.18.